The molecule has 0 saturated heterocycles. The van der Waals surface area contributed by atoms with E-state index in [-0.39, 0.29) is 34.9 Å². The summed E-state index contributed by atoms with van der Waals surface area (Å²) in [6.45, 7) is 3.46. The predicted molar refractivity (Wildman–Crippen MR) is 71.1 cm³/mol. The zero-order valence-corrected chi connectivity index (χ0v) is 11.0. The van der Waals surface area contributed by atoms with E-state index in [0.717, 1.165) is 0 Å². The molecular weight excluding hydrogens is 255 g/mol. The molecule has 1 rings (SSSR count). The topological polar surface area (TPSA) is 64.3 Å². The van der Waals surface area contributed by atoms with Crippen LogP contribution in [-0.2, 0) is 4.79 Å². The van der Waals surface area contributed by atoms with Gasteiger partial charge in [0.25, 0.3) is 5.91 Å². The van der Waals surface area contributed by atoms with Gasteiger partial charge in [0.2, 0.25) is 0 Å². The Labute approximate surface area is 110 Å². The maximum Gasteiger partial charge on any atom is 0.258 e. The average molecular weight is 270 g/mol. The molecule has 0 heterocycles. The van der Waals surface area contributed by atoms with Gasteiger partial charge in [-0.25, -0.2) is 4.39 Å². The second-order valence-electron chi connectivity index (χ2n) is 3.99. The molecule has 98 valence electrons. The minimum absolute atomic E-state index is 0.0173. The number of carbonyl (C=O) groups is 1. The van der Waals surface area contributed by atoms with Crippen molar-refractivity contribution in [1.29, 1.82) is 0 Å². The highest BCUT2D eigenvalue weighted by Gasteiger charge is 2.13. The molecular formula is C12H15FN2O2S. The van der Waals surface area contributed by atoms with E-state index in [0.29, 0.717) is 0 Å². The first-order valence-electron chi connectivity index (χ1n) is 5.42. The summed E-state index contributed by atoms with van der Waals surface area (Å²) in [7, 11) is 0. The first-order chi connectivity index (χ1) is 8.41. The van der Waals surface area contributed by atoms with Crippen LogP contribution in [0.15, 0.2) is 18.2 Å². The summed E-state index contributed by atoms with van der Waals surface area (Å²) in [6, 6.07) is 4.23. The molecule has 6 heteroatoms. The van der Waals surface area contributed by atoms with Crippen molar-refractivity contribution in [2.24, 2.45) is 5.73 Å². The molecule has 0 saturated carbocycles. The van der Waals surface area contributed by atoms with Crippen molar-refractivity contribution in [3.8, 4) is 5.75 Å². The van der Waals surface area contributed by atoms with Crippen LogP contribution >= 0.6 is 12.2 Å². The fourth-order valence-electron chi connectivity index (χ4n) is 1.37. The Kier molecular flexibility index (Phi) is 5.03. The van der Waals surface area contributed by atoms with Crippen LogP contribution < -0.4 is 15.8 Å². The lowest BCUT2D eigenvalue weighted by atomic mass is 10.2. The molecule has 0 fully saturated rings. The Balaban J connectivity index is 2.76. The molecule has 0 bridgehead atoms. The monoisotopic (exact) mass is 270 g/mol. The van der Waals surface area contributed by atoms with E-state index < -0.39 is 5.82 Å². The quantitative estimate of drug-likeness (QED) is 0.793. The molecule has 18 heavy (non-hydrogen) atoms. The van der Waals surface area contributed by atoms with E-state index in [2.05, 4.69) is 5.32 Å². The molecule has 3 N–H and O–H groups in total. The zero-order chi connectivity index (χ0) is 13.7. The largest absolute Gasteiger partial charge is 0.483 e. The number of nitrogens with two attached hydrogens (primary N) is 1. The van der Waals surface area contributed by atoms with E-state index in [1.165, 1.54) is 18.2 Å². The molecule has 1 aromatic carbocycles. The van der Waals surface area contributed by atoms with Crippen molar-refractivity contribution < 1.29 is 13.9 Å². The predicted octanol–water partition coefficient (Wildman–Crippen LogP) is 1.36. The molecule has 0 unspecified atom stereocenters. The van der Waals surface area contributed by atoms with Gasteiger partial charge in [-0.15, -0.1) is 0 Å². The van der Waals surface area contributed by atoms with Gasteiger partial charge in [-0.05, 0) is 26.0 Å². The van der Waals surface area contributed by atoms with Gasteiger partial charge in [0.05, 0.1) is 5.56 Å². The van der Waals surface area contributed by atoms with Gasteiger partial charge in [0.15, 0.2) is 6.61 Å². The Morgan fingerprint density at radius 1 is 1.56 bits per heavy atom. The Bertz CT molecular complexity index is 463. The van der Waals surface area contributed by atoms with E-state index >= 15 is 0 Å². The number of hydrogen-bond acceptors (Lipinski definition) is 3. The Morgan fingerprint density at radius 3 is 2.78 bits per heavy atom. The van der Waals surface area contributed by atoms with E-state index in [4.69, 9.17) is 22.7 Å². The summed E-state index contributed by atoms with van der Waals surface area (Å²) < 4.78 is 18.7. The van der Waals surface area contributed by atoms with Crippen molar-refractivity contribution in [1.82, 2.24) is 5.32 Å². The Hall–Kier alpha value is -1.69. The molecule has 0 radical (unpaired) electrons. The van der Waals surface area contributed by atoms with Crippen LogP contribution in [0.4, 0.5) is 4.39 Å². The molecule has 0 aliphatic rings. The summed E-state index contributed by atoms with van der Waals surface area (Å²) in [5, 5.41) is 2.65. The van der Waals surface area contributed by atoms with Gasteiger partial charge in [0.1, 0.15) is 16.6 Å². The van der Waals surface area contributed by atoms with Crippen LogP contribution in [0.25, 0.3) is 0 Å². The van der Waals surface area contributed by atoms with Crippen molar-refractivity contribution >= 4 is 23.1 Å². The number of hydrogen-bond donors (Lipinski definition) is 2. The minimum Gasteiger partial charge on any atom is -0.483 e. The smallest absolute Gasteiger partial charge is 0.258 e. The fraction of sp³-hybridized carbons (Fsp3) is 0.333. The van der Waals surface area contributed by atoms with Crippen molar-refractivity contribution in [3.63, 3.8) is 0 Å². The van der Waals surface area contributed by atoms with E-state index in [1.807, 2.05) is 13.8 Å². The van der Waals surface area contributed by atoms with Gasteiger partial charge in [-0.2, -0.15) is 0 Å². The van der Waals surface area contributed by atoms with Crippen LogP contribution in [0.1, 0.15) is 19.4 Å². The van der Waals surface area contributed by atoms with Gasteiger partial charge < -0.3 is 15.8 Å². The normalized spacial score (nSPS) is 10.2. The Morgan fingerprint density at radius 2 is 2.22 bits per heavy atom. The molecule has 4 nitrogen and oxygen atoms in total. The summed E-state index contributed by atoms with van der Waals surface area (Å²) in [5.41, 5.74) is 5.43. The highest BCUT2D eigenvalue weighted by atomic mass is 32.1. The molecule has 0 aliphatic heterocycles. The summed E-state index contributed by atoms with van der Waals surface area (Å²) in [4.78, 5) is 11.3. The number of thiocarbonyl (C=S) groups is 1. The maximum absolute atomic E-state index is 13.5. The minimum atomic E-state index is -0.565. The average Bonchev–Trinajstić information content (AvgIpc) is 2.24. The van der Waals surface area contributed by atoms with E-state index in [9.17, 15) is 9.18 Å². The van der Waals surface area contributed by atoms with Gasteiger partial charge in [-0.3, -0.25) is 4.79 Å². The lowest BCUT2D eigenvalue weighted by Crippen LogP contribution is -2.34. The van der Waals surface area contributed by atoms with Crippen molar-refractivity contribution in [3.05, 3.63) is 29.6 Å². The third kappa shape index (κ3) is 3.96. The van der Waals surface area contributed by atoms with Gasteiger partial charge >= 0.3 is 0 Å². The van der Waals surface area contributed by atoms with Crippen molar-refractivity contribution in [2.45, 2.75) is 19.9 Å². The summed E-state index contributed by atoms with van der Waals surface area (Å²) >= 11 is 4.74. The number of nitrogens with one attached hydrogen (secondary N) is 1. The first kappa shape index (κ1) is 14.4. The highest BCUT2D eigenvalue weighted by Crippen LogP contribution is 2.21. The molecule has 1 amide bonds. The second kappa shape index (κ2) is 6.30. The van der Waals surface area contributed by atoms with Gasteiger partial charge in [-0.1, -0.05) is 18.3 Å². The molecule has 1 aromatic rings. The second-order valence-corrected chi connectivity index (χ2v) is 4.43. The zero-order valence-electron chi connectivity index (χ0n) is 10.2. The standard InChI is InChI=1S/C12H15FN2O2S/c1-7(2)15-10(16)6-17-9-5-3-4-8(13)11(9)12(14)18/h3-5,7H,6H2,1-2H3,(H2,14,18)(H,15,16). The molecule has 0 aliphatic carbocycles. The van der Waals surface area contributed by atoms with Gasteiger partial charge in [0, 0.05) is 6.04 Å². The van der Waals surface area contributed by atoms with Crippen LogP contribution in [-0.4, -0.2) is 23.5 Å². The van der Waals surface area contributed by atoms with Crippen LogP contribution in [0, 0.1) is 5.82 Å². The molecule has 0 spiro atoms. The first-order valence-corrected chi connectivity index (χ1v) is 5.83. The molecule has 0 aromatic heterocycles. The van der Waals surface area contributed by atoms with Crippen molar-refractivity contribution in [2.75, 3.05) is 6.61 Å². The van der Waals surface area contributed by atoms with Crippen LogP contribution in [0.3, 0.4) is 0 Å². The summed E-state index contributed by atoms with van der Waals surface area (Å²) in [5.74, 6) is -0.686. The van der Waals surface area contributed by atoms with Crippen LogP contribution in [0.2, 0.25) is 0 Å². The lowest BCUT2D eigenvalue weighted by molar-refractivity contribution is -0.123. The third-order valence-electron chi connectivity index (χ3n) is 2.03. The van der Waals surface area contributed by atoms with Crippen LogP contribution in [0.5, 0.6) is 5.75 Å². The number of benzene rings is 1. The SMILES string of the molecule is CC(C)NC(=O)COc1cccc(F)c1C(N)=S. The fourth-order valence-corrected chi connectivity index (χ4v) is 1.57. The third-order valence-corrected chi connectivity index (χ3v) is 2.23. The number of halogens is 1. The summed E-state index contributed by atoms with van der Waals surface area (Å²) in [6.07, 6.45) is 0. The number of ether oxygens (including phenoxy) is 1. The molecule has 0 atom stereocenters. The number of carbonyl (C=O) groups excluding carboxylic acids is 1. The van der Waals surface area contributed by atoms with E-state index in [1.54, 1.807) is 0 Å². The highest BCUT2D eigenvalue weighted by molar-refractivity contribution is 7.80. The maximum atomic E-state index is 13.5. The lowest BCUT2D eigenvalue weighted by Gasteiger charge is -2.12. The number of amides is 1. The number of rotatable bonds is 5.